The Morgan fingerprint density at radius 2 is 2.14 bits per heavy atom. The predicted molar refractivity (Wildman–Crippen MR) is 98.7 cm³/mol. The lowest BCUT2D eigenvalue weighted by Crippen LogP contribution is -2.26. The number of fused-ring (bicyclic) bond motifs is 1. The van der Waals surface area contributed by atoms with E-state index in [4.69, 9.17) is 4.74 Å². The summed E-state index contributed by atoms with van der Waals surface area (Å²) in [6.45, 7) is 2.08. The zero-order valence-corrected chi connectivity index (χ0v) is 15.4. The monoisotopic (exact) mass is 395 g/mol. The molecule has 0 spiro atoms. The van der Waals surface area contributed by atoms with Crippen LogP contribution in [0.3, 0.4) is 0 Å². The number of hydrogen-bond donors (Lipinski definition) is 3. The Morgan fingerprint density at radius 3 is 2.82 bits per heavy atom. The highest BCUT2D eigenvalue weighted by atomic mass is 19.4. The maximum atomic E-state index is 13.3. The summed E-state index contributed by atoms with van der Waals surface area (Å²) >= 11 is 0. The number of carbonyl (C=O) groups excluding carboxylic acids is 1. The van der Waals surface area contributed by atoms with E-state index in [0.29, 0.717) is 12.1 Å². The number of methoxy groups -OCH3 is 1. The van der Waals surface area contributed by atoms with E-state index < -0.39 is 11.7 Å². The van der Waals surface area contributed by atoms with Gasteiger partial charge < -0.3 is 20.7 Å². The molecular weight excluding hydrogens is 375 g/mol. The maximum absolute atomic E-state index is 13.3. The summed E-state index contributed by atoms with van der Waals surface area (Å²) in [5, 5.41) is 8.40. The summed E-state index contributed by atoms with van der Waals surface area (Å²) in [5.41, 5.74) is 1.14. The van der Waals surface area contributed by atoms with Gasteiger partial charge in [0.1, 0.15) is 11.4 Å². The van der Waals surface area contributed by atoms with Crippen molar-refractivity contribution < 1.29 is 22.7 Å². The summed E-state index contributed by atoms with van der Waals surface area (Å²) in [5.74, 6) is -0.403. The zero-order chi connectivity index (χ0) is 20.3. The number of anilines is 4. The summed E-state index contributed by atoms with van der Waals surface area (Å²) in [7, 11) is 1.48. The van der Waals surface area contributed by atoms with Crippen molar-refractivity contribution in [2.75, 3.05) is 29.7 Å². The van der Waals surface area contributed by atoms with Crippen LogP contribution in [0.1, 0.15) is 24.5 Å². The molecule has 3 N–H and O–H groups in total. The van der Waals surface area contributed by atoms with Gasteiger partial charge in [-0.3, -0.25) is 4.79 Å². The fraction of sp³-hybridized carbons (Fsp3) is 0.389. The van der Waals surface area contributed by atoms with Crippen LogP contribution in [0.25, 0.3) is 0 Å². The number of amides is 1. The molecule has 150 valence electrons. The van der Waals surface area contributed by atoms with E-state index in [0.717, 1.165) is 17.4 Å². The second kappa shape index (κ2) is 8.01. The number of benzene rings is 1. The summed E-state index contributed by atoms with van der Waals surface area (Å²) in [6.07, 6.45) is -3.04. The van der Waals surface area contributed by atoms with Crippen LogP contribution in [0, 0.1) is 0 Å². The Morgan fingerprint density at radius 1 is 1.36 bits per heavy atom. The number of halogens is 3. The Hall–Kier alpha value is -2.88. The van der Waals surface area contributed by atoms with Gasteiger partial charge in [-0.1, -0.05) is 6.92 Å². The number of aromatic nitrogens is 2. The van der Waals surface area contributed by atoms with Crippen molar-refractivity contribution in [3.63, 3.8) is 0 Å². The number of ether oxygens (including phenoxy) is 1. The first-order valence-electron chi connectivity index (χ1n) is 8.69. The van der Waals surface area contributed by atoms with Crippen LogP contribution in [-0.4, -0.2) is 35.6 Å². The maximum Gasteiger partial charge on any atom is 0.421 e. The molecule has 1 unspecified atom stereocenters. The quantitative estimate of drug-likeness (QED) is 0.664. The molecule has 28 heavy (non-hydrogen) atoms. The standard InChI is InChI=1S/C18H20F3N5O2/c1-3-11(9-28-2)23-16-13(18(19,20)21)8-22-17(26-16)24-12-4-5-14-10(6-12)7-15(27)25-14/h4-6,8,11H,3,7,9H2,1-2H3,(H,25,27)(H2,22,23,24,26). The molecule has 1 aliphatic heterocycles. The van der Waals surface area contributed by atoms with Crippen molar-refractivity contribution >= 4 is 29.0 Å². The molecule has 0 aliphatic carbocycles. The SMILES string of the molecule is CCC(COC)Nc1nc(Nc2ccc3c(c2)CC(=O)N3)ncc1C(F)(F)F. The summed E-state index contributed by atoms with van der Waals surface area (Å²) < 4.78 is 45.0. The van der Waals surface area contributed by atoms with Gasteiger partial charge in [-0.25, -0.2) is 4.98 Å². The molecule has 0 bridgehead atoms. The molecule has 2 heterocycles. The first kappa shape index (κ1) is 19.9. The first-order chi connectivity index (χ1) is 13.3. The average Bonchev–Trinajstić information content (AvgIpc) is 3.00. The van der Waals surface area contributed by atoms with Crippen molar-refractivity contribution in [2.45, 2.75) is 32.0 Å². The van der Waals surface area contributed by atoms with Crippen LogP contribution in [-0.2, 0) is 22.1 Å². The number of hydrogen-bond acceptors (Lipinski definition) is 6. The number of carbonyl (C=O) groups is 1. The summed E-state index contributed by atoms with van der Waals surface area (Å²) in [4.78, 5) is 19.3. The highest BCUT2D eigenvalue weighted by Crippen LogP contribution is 2.35. The summed E-state index contributed by atoms with van der Waals surface area (Å²) in [6, 6.07) is 4.82. The molecule has 0 fully saturated rings. The third kappa shape index (κ3) is 4.50. The fourth-order valence-electron chi connectivity index (χ4n) is 2.85. The Labute approximate surface area is 159 Å². The Balaban J connectivity index is 1.87. The van der Waals surface area contributed by atoms with Crippen molar-refractivity contribution in [3.8, 4) is 0 Å². The van der Waals surface area contributed by atoms with Gasteiger partial charge in [-0.05, 0) is 30.2 Å². The van der Waals surface area contributed by atoms with Gasteiger partial charge in [0.15, 0.2) is 0 Å². The lowest BCUT2D eigenvalue weighted by atomic mass is 10.1. The minimum atomic E-state index is -4.59. The van der Waals surface area contributed by atoms with E-state index in [2.05, 4.69) is 25.9 Å². The average molecular weight is 395 g/mol. The van der Waals surface area contributed by atoms with Crippen LogP contribution in [0.15, 0.2) is 24.4 Å². The van der Waals surface area contributed by atoms with E-state index >= 15 is 0 Å². The van der Waals surface area contributed by atoms with Gasteiger partial charge in [0.25, 0.3) is 0 Å². The topological polar surface area (TPSA) is 88.2 Å². The van der Waals surface area contributed by atoms with Crippen LogP contribution >= 0.6 is 0 Å². The third-order valence-corrected chi connectivity index (χ3v) is 4.28. The molecule has 1 aromatic heterocycles. The van der Waals surface area contributed by atoms with Crippen LogP contribution in [0.2, 0.25) is 0 Å². The normalized spacial score (nSPS) is 14.4. The lowest BCUT2D eigenvalue weighted by Gasteiger charge is -2.20. The van der Waals surface area contributed by atoms with Gasteiger partial charge in [0, 0.05) is 24.7 Å². The van der Waals surface area contributed by atoms with Gasteiger partial charge in [-0.2, -0.15) is 18.2 Å². The first-order valence-corrected chi connectivity index (χ1v) is 8.69. The molecule has 0 radical (unpaired) electrons. The molecule has 10 heteroatoms. The Kier molecular flexibility index (Phi) is 5.68. The molecular formula is C18H20F3N5O2. The van der Waals surface area contributed by atoms with Crippen molar-refractivity contribution in [1.29, 1.82) is 0 Å². The fourth-order valence-corrected chi connectivity index (χ4v) is 2.85. The van der Waals surface area contributed by atoms with E-state index in [1.165, 1.54) is 7.11 Å². The van der Waals surface area contributed by atoms with E-state index in [9.17, 15) is 18.0 Å². The second-order valence-electron chi connectivity index (χ2n) is 6.38. The van der Waals surface area contributed by atoms with Gasteiger partial charge in [0.2, 0.25) is 11.9 Å². The highest BCUT2D eigenvalue weighted by Gasteiger charge is 2.35. The minimum Gasteiger partial charge on any atom is -0.383 e. The van der Waals surface area contributed by atoms with Crippen molar-refractivity contribution in [2.24, 2.45) is 0 Å². The molecule has 0 saturated heterocycles. The number of rotatable bonds is 7. The van der Waals surface area contributed by atoms with Crippen LogP contribution in [0.5, 0.6) is 0 Å². The number of nitrogens with one attached hydrogen (secondary N) is 3. The highest BCUT2D eigenvalue weighted by molar-refractivity contribution is 5.99. The van der Waals surface area contributed by atoms with Gasteiger partial charge in [-0.15, -0.1) is 0 Å². The minimum absolute atomic E-state index is 0.0139. The van der Waals surface area contributed by atoms with E-state index in [-0.39, 0.29) is 36.7 Å². The number of alkyl halides is 3. The second-order valence-corrected chi connectivity index (χ2v) is 6.38. The van der Waals surface area contributed by atoms with Crippen molar-refractivity contribution in [1.82, 2.24) is 9.97 Å². The van der Waals surface area contributed by atoms with Crippen LogP contribution in [0.4, 0.5) is 36.3 Å². The smallest absolute Gasteiger partial charge is 0.383 e. The molecule has 7 nitrogen and oxygen atoms in total. The molecule has 3 rings (SSSR count). The predicted octanol–water partition coefficient (Wildman–Crippen LogP) is 3.57. The van der Waals surface area contributed by atoms with Gasteiger partial charge in [0.05, 0.1) is 19.1 Å². The van der Waals surface area contributed by atoms with Gasteiger partial charge >= 0.3 is 6.18 Å². The number of nitrogens with zero attached hydrogens (tertiary/aromatic N) is 2. The molecule has 1 amide bonds. The lowest BCUT2D eigenvalue weighted by molar-refractivity contribution is -0.137. The molecule has 1 aliphatic rings. The largest absolute Gasteiger partial charge is 0.421 e. The molecule has 1 aromatic carbocycles. The Bertz CT molecular complexity index is 873. The molecule has 0 saturated carbocycles. The van der Waals surface area contributed by atoms with E-state index in [1.54, 1.807) is 18.2 Å². The zero-order valence-electron chi connectivity index (χ0n) is 15.4. The van der Waals surface area contributed by atoms with Crippen LogP contribution < -0.4 is 16.0 Å². The van der Waals surface area contributed by atoms with E-state index in [1.807, 2.05) is 6.92 Å². The molecule has 1 atom stereocenters. The molecule has 2 aromatic rings. The van der Waals surface area contributed by atoms with Crippen molar-refractivity contribution in [3.05, 3.63) is 35.5 Å². The third-order valence-electron chi connectivity index (χ3n) is 4.28.